The van der Waals surface area contributed by atoms with Gasteiger partial charge < -0.3 is 9.26 Å². The predicted octanol–water partition coefficient (Wildman–Crippen LogP) is 4.14. The Kier molecular flexibility index (Phi) is 4.48. The van der Waals surface area contributed by atoms with Crippen LogP contribution in [-0.2, 0) is 6.54 Å². The summed E-state index contributed by atoms with van der Waals surface area (Å²) in [6.07, 6.45) is 2.37. The van der Waals surface area contributed by atoms with Crippen molar-refractivity contribution in [2.45, 2.75) is 45.2 Å². The number of rotatable bonds is 5. The van der Waals surface area contributed by atoms with E-state index >= 15 is 0 Å². The van der Waals surface area contributed by atoms with E-state index in [1.807, 2.05) is 12.1 Å². The van der Waals surface area contributed by atoms with Gasteiger partial charge in [0.2, 0.25) is 0 Å². The molecule has 0 amide bonds. The molecule has 0 radical (unpaired) electrons. The molecule has 4 nitrogen and oxygen atoms in total. The molecule has 0 aliphatic carbocycles. The van der Waals surface area contributed by atoms with Crippen LogP contribution in [0.2, 0.25) is 0 Å². The lowest BCUT2D eigenvalue weighted by atomic mass is 10.1. The van der Waals surface area contributed by atoms with E-state index in [-0.39, 0.29) is 0 Å². The molecule has 3 rings (SSSR count). The first-order chi connectivity index (χ1) is 10.7. The molecule has 0 spiro atoms. The van der Waals surface area contributed by atoms with Crippen molar-refractivity contribution in [3.63, 3.8) is 0 Å². The molecule has 0 N–H and O–H groups in total. The molecular weight excluding hydrogens is 276 g/mol. The van der Waals surface area contributed by atoms with Crippen molar-refractivity contribution in [1.82, 2.24) is 10.1 Å². The van der Waals surface area contributed by atoms with Crippen LogP contribution in [0.5, 0.6) is 5.75 Å². The Balaban J connectivity index is 1.71. The van der Waals surface area contributed by atoms with Crippen molar-refractivity contribution in [2.75, 3.05) is 13.7 Å². The third kappa shape index (κ3) is 3.17. The molecular formula is C18H24N2O2. The van der Waals surface area contributed by atoms with Crippen LogP contribution in [-0.4, -0.2) is 23.7 Å². The summed E-state index contributed by atoms with van der Waals surface area (Å²) in [6, 6.07) is 10.8. The summed E-state index contributed by atoms with van der Waals surface area (Å²) >= 11 is 0. The molecule has 2 heterocycles. The van der Waals surface area contributed by atoms with Crippen LogP contribution < -0.4 is 4.74 Å². The topological polar surface area (TPSA) is 38.5 Å². The van der Waals surface area contributed by atoms with E-state index in [0.29, 0.717) is 12.0 Å². The lowest BCUT2D eigenvalue weighted by Gasteiger charge is -2.22. The van der Waals surface area contributed by atoms with Gasteiger partial charge in [0.1, 0.15) is 17.2 Å². The van der Waals surface area contributed by atoms with Crippen LogP contribution in [0.4, 0.5) is 0 Å². The van der Waals surface area contributed by atoms with Crippen LogP contribution in [0, 0.1) is 0 Å². The van der Waals surface area contributed by atoms with E-state index < -0.39 is 0 Å². The summed E-state index contributed by atoms with van der Waals surface area (Å²) < 4.78 is 10.7. The molecule has 1 atom stereocenters. The number of aromatic nitrogens is 1. The largest absolute Gasteiger partial charge is 0.497 e. The molecule has 0 saturated carbocycles. The first kappa shape index (κ1) is 15.1. The van der Waals surface area contributed by atoms with Crippen molar-refractivity contribution >= 4 is 0 Å². The third-order valence-corrected chi connectivity index (χ3v) is 4.37. The second-order valence-corrected chi connectivity index (χ2v) is 6.29. The van der Waals surface area contributed by atoms with Crippen molar-refractivity contribution < 1.29 is 9.26 Å². The van der Waals surface area contributed by atoms with Gasteiger partial charge in [-0.2, -0.15) is 0 Å². The van der Waals surface area contributed by atoms with E-state index in [2.05, 4.69) is 42.1 Å². The summed E-state index contributed by atoms with van der Waals surface area (Å²) in [5.41, 5.74) is 2.38. The second kappa shape index (κ2) is 6.53. The smallest absolute Gasteiger partial charge is 0.139 e. The molecule has 0 bridgehead atoms. The van der Waals surface area contributed by atoms with Gasteiger partial charge in [-0.15, -0.1) is 0 Å². The van der Waals surface area contributed by atoms with Crippen molar-refractivity contribution in [1.29, 1.82) is 0 Å². The highest BCUT2D eigenvalue weighted by atomic mass is 16.5. The Morgan fingerprint density at radius 2 is 2.09 bits per heavy atom. The Hall–Kier alpha value is -1.81. The molecule has 22 heavy (non-hydrogen) atoms. The van der Waals surface area contributed by atoms with Gasteiger partial charge in [-0.3, -0.25) is 4.90 Å². The lowest BCUT2D eigenvalue weighted by Crippen LogP contribution is -2.22. The second-order valence-electron chi connectivity index (χ2n) is 6.29. The molecule has 1 aliphatic rings. The monoisotopic (exact) mass is 300 g/mol. The number of benzene rings is 1. The van der Waals surface area contributed by atoms with Gasteiger partial charge >= 0.3 is 0 Å². The zero-order valence-electron chi connectivity index (χ0n) is 13.6. The zero-order valence-corrected chi connectivity index (χ0v) is 13.6. The van der Waals surface area contributed by atoms with Crippen molar-refractivity contribution in [3.8, 4) is 5.75 Å². The molecule has 1 saturated heterocycles. The summed E-state index contributed by atoms with van der Waals surface area (Å²) in [4.78, 5) is 2.49. The summed E-state index contributed by atoms with van der Waals surface area (Å²) in [5.74, 6) is 2.27. The van der Waals surface area contributed by atoms with E-state index in [4.69, 9.17) is 9.26 Å². The minimum Gasteiger partial charge on any atom is -0.497 e. The first-order valence-corrected chi connectivity index (χ1v) is 8.01. The van der Waals surface area contributed by atoms with Gasteiger partial charge in [0.15, 0.2) is 0 Å². The van der Waals surface area contributed by atoms with E-state index in [1.165, 1.54) is 12.0 Å². The average Bonchev–Trinajstić information content (AvgIpc) is 3.16. The minimum atomic E-state index is 0.373. The van der Waals surface area contributed by atoms with Crippen LogP contribution in [0.1, 0.15) is 55.7 Å². The van der Waals surface area contributed by atoms with E-state index in [1.54, 1.807) is 7.11 Å². The quantitative estimate of drug-likeness (QED) is 0.831. The highest BCUT2D eigenvalue weighted by molar-refractivity contribution is 5.27. The number of methoxy groups -OCH3 is 1. The lowest BCUT2D eigenvalue weighted by molar-refractivity contribution is 0.236. The third-order valence-electron chi connectivity index (χ3n) is 4.37. The Morgan fingerprint density at radius 3 is 2.73 bits per heavy atom. The van der Waals surface area contributed by atoms with Crippen LogP contribution in [0.15, 0.2) is 34.9 Å². The highest BCUT2D eigenvalue weighted by Crippen LogP contribution is 2.33. The maximum atomic E-state index is 5.47. The molecule has 4 heteroatoms. The number of likely N-dealkylation sites (tertiary alicyclic amines) is 1. The fourth-order valence-electron chi connectivity index (χ4n) is 3.05. The number of hydrogen-bond acceptors (Lipinski definition) is 4. The Bertz CT molecular complexity index is 604. The molecule has 1 aliphatic heterocycles. The number of nitrogens with zero attached hydrogens (tertiary/aromatic N) is 2. The summed E-state index contributed by atoms with van der Waals surface area (Å²) in [7, 11) is 1.70. The average molecular weight is 300 g/mol. The Morgan fingerprint density at radius 1 is 1.32 bits per heavy atom. The van der Waals surface area contributed by atoms with Gasteiger partial charge in [0, 0.05) is 18.5 Å². The van der Waals surface area contributed by atoms with E-state index in [0.717, 1.165) is 36.7 Å². The summed E-state index contributed by atoms with van der Waals surface area (Å²) in [6.45, 7) is 6.32. The molecule has 118 valence electrons. The van der Waals surface area contributed by atoms with E-state index in [9.17, 15) is 0 Å². The van der Waals surface area contributed by atoms with Crippen molar-refractivity contribution in [2.24, 2.45) is 0 Å². The standard InChI is InChI=1S/C18H24N2O2/c1-13(2)18-11-16(19-22-18)17-5-4-10-20(17)12-14-6-8-15(21-3)9-7-14/h6-9,11,13,17H,4-5,10,12H2,1-3H3/t17-/m1/s1. The van der Waals surface area contributed by atoms with Gasteiger partial charge in [-0.05, 0) is 37.1 Å². The van der Waals surface area contributed by atoms with Crippen LogP contribution in [0.25, 0.3) is 0 Å². The van der Waals surface area contributed by atoms with Crippen LogP contribution in [0.3, 0.4) is 0 Å². The Labute approximate surface area is 132 Å². The minimum absolute atomic E-state index is 0.373. The number of ether oxygens (including phenoxy) is 1. The maximum Gasteiger partial charge on any atom is 0.139 e. The van der Waals surface area contributed by atoms with Crippen molar-refractivity contribution in [3.05, 3.63) is 47.3 Å². The molecule has 1 fully saturated rings. The predicted molar refractivity (Wildman–Crippen MR) is 86.0 cm³/mol. The van der Waals surface area contributed by atoms with Gasteiger partial charge in [-0.25, -0.2) is 0 Å². The highest BCUT2D eigenvalue weighted by Gasteiger charge is 2.28. The zero-order chi connectivity index (χ0) is 15.5. The van der Waals surface area contributed by atoms with Crippen LogP contribution >= 0.6 is 0 Å². The van der Waals surface area contributed by atoms with Gasteiger partial charge in [0.05, 0.1) is 13.2 Å². The molecule has 1 aromatic heterocycles. The molecule has 2 aromatic rings. The molecule has 1 aromatic carbocycles. The molecule has 0 unspecified atom stereocenters. The first-order valence-electron chi connectivity index (χ1n) is 8.01. The van der Waals surface area contributed by atoms with Gasteiger partial charge in [0.25, 0.3) is 0 Å². The maximum absolute atomic E-state index is 5.47. The fourth-order valence-corrected chi connectivity index (χ4v) is 3.05. The fraction of sp³-hybridized carbons (Fsp3) is 0.500. The summed E-state index contributed by atoms with van der Waals surface area (Å²) in [5, 5.41) is 4.30. The normalized spacial score (nSPS) is 19.0. The SMILES string of the molecule is COc1ccc(CN2CCC[C@@H]2c2cc(C(C)C)on2)cc1. The van der Waals surface area contributed by atoms with Gasteiger partial charge in [-0.1, -0.05) is 31.1 Å². The number of hydrogen-bond donors (Lipinski definition) is 0.